The lowest BCUT2D eigenvalue weighted by Crippen LogP contribution is -1.95. The van der Waals surface area contributed by atoms with Gasteiger partial charge >= 0.3 is 0 Å². The van der Waals surface area contributed by atoms with E-state index >= 15 is 0 Å². The lowest BCUT2D eigenvalue weighted by molar-refractivity contribution is -0.385. The second kappa shape index (κ2) is 4.00. The third-order valence-corrected chi connectivity index (χ3v) is 1.74. The Kier molecular flexibility index (Phi) is 2.97. The zero-order valence-corrected chi connectivity index (χ0v) is 7.25. The molecule has 0 bridgehead atoms. The summed E-state index contributed by atoms with van der Waals surface area (Å²) in [5.74, 6) is 0. The third-order valence-electron chi connectivity index (χ3n) is 1.51. The van der Waals surface area contributed by atoms with Crippen LogP contribution >= 0.6 is 11.6 Å². The molecule has 1 aromatic carbocycles. The molecule has 0 aliphatic heterocycles. The number of hydrogen-bond donors (Lipinski definition) is 0. The molecule has 0 saturated heterocycles. The van der Waals surface area contributed by atoms with E-state index in [1.807, 2.05) is 0 Å². The number of nitrogens with zero attached hydrogens (tertiary/aromatic N) is 1. The van der Waals surface area contributed by atoms with E-state index in [0.29, 0.717) is 5.56 Å². The van der Waals surface area contributed by atoms with Crippen LogP contribution in [0.2, 0.25) is 5.02 Å². The van der Waals surface area contributed by atoms with Crippen LogP contribution in [-0.4, -0.2) is 11.2 Å². The highest BCUT2D eigenvalue weighted by Crippen LogP contribution is 2.22. The molecule has 5 heteroatoms. The zero-order chi connectivity index (χ0) is 9.84. The molecule has 0 amide bonds. The van der Waals surface area contributed by atoms with Crippen LogP contribution in [0, 0.1) is 10.1 Å². The van der Waals surface area contributed by atoms with Crippen LogP contribution < -0.4 is 0 Å². The molecule has 67 valence electrons. The first-order valence-electron chi connectivity index (χ1n) is 3.43. The minimum atomic E-state index is -0.571. The number of hydrogen-bond acceptors (Lipinski definition) is 3. The van der Waals surface area contributed by atoms with Crippen molar-refractivity contribution in [2.75, 3.05) is 0 Å². The molecule has 4 nitrogen and oxygen atoms in total. The van der Waals surface area contributed by atoms with Crippen LogP contribution in [0.1, 0.15) is 5.56 Å². The topological polar surface area (TPSA) is 60.2 Å². The first-order chi connectivity index (χ1) is 6.15. The maximum absolute atomic E-state index is 10.5. The van der Waals surface area contributed by atoms with Gasteiger partial charge in [0.25, 0.3) is 5.69 Å². The normalized spacial score (nSPS) is 9.62. The lowest BCUT2D eigenvalue weighted by Gasteiger charge is -1.97. The Labute approximate surface area is 79.3 Å². The fourth-order valence-electron chi connectivity index (χ4n) is 0.934. The second-order valence-electron chi connectivity index (χ2n) is 2.35. The smallest absolute Gasteiger partial charge is 0.274 e. The molecule has 0 aliphatic carbocycles. The van der Waals surface area contributed by atoms with Crippen molar-refractivity contribution in [3.63, 3.8) is 0 Å². The lowest BCUT2D eigenvalue weighted by atomic mass is 10.1. The third kappa shape index (κ3) is 2.26. The molecule has 0 heterocycles. The Morgan fingerprint density at radius 2 is 2.23 bits per heavy atom. The summed E-state index contributed by atoms with van der Waals surface area (Å²) in [6.45, 7) is 0. The second-order valence-corrected chi connectivity index (χ2v) is 2.79. The van der Waals surface area contributed by atoms with E-state index in [-0.39, 0.29) is 17.1 Å². The van der Waals surface area contributed by atoms with Crippen molar-refractivity contribution >= 4 is 23.6 Å². The summed E-state index contributed by atoms with van der Waals surface area (Å²) >= 11 is 5.56. The molecule has 13 heavy (non-hydrogen) atoms. The maximum Gasteiger partial charge on any atom is 0.274 e. The van der Waals surface area contributed by atoms with E-state index in [4.69, 9.17) is 11.6 Å². The average molecular weight is 199 g/mol. The van der Waals surface area contributed by atoms with Gasteiger partial charge in [0.1, 0.15) is 0 Å². The average Bonchev–Trinajstić information content (AvgIpc) is 2.08. The number of carbonyl (C=O) groups excluding carboxylic acids is 1. The predicted molar refractivity (Wildman–Crippen MR) is 47.5 cm³/mol. The SMILES string of the molecule is O=[C]Cc1ccc(Cl)cc1[N+](=O)[O-]. The van der Waals surface area contributed by atoms with E-state index in [9.17, 15) is 14.9 Å². The van der Waals surface area contributed by atoms with E-state index < -0.39 is 4.92 Å². The van der Waals surface area contributed by atoms with E-state index in [1.54, 1.807) is 6.29 Å². The van der Waals surface area contributed by atoms with Gasteiger partial charge in [0.05, 0.1) is 4.92 Å². The van der Waals surface area contributed by atoms with Crippen molar-refractivity contribution in [3.8, 4) is 0 Å². The van der Waals surface area contributed by atoms with Crippen LogP contribution in [0.3, 0.4) is 0 Å². The van der Waals surface area contributed by atoms with Crippen molar-refractivity contribution in [1.29, 1.82) is 0 Å². The van der Waals surface area contributed by atoms with Gasteiger partial charge < -0.3 is 0 Å². The fourth-order valence-corrected chi connectivity index (χ4v) is 1.10. The monoisotopic (exact) mass is 198 g/mol. The molecule has 0 atom stereocenters. The number of rotatable bonds is 3. The van der Waals surface area contributed by atoms with Crippen LogP contribution in [0.5, 0.6) is 0 Å². The molecule has 0 unspecified atom stereocenters. The Bertz CT molecular complexity index is 351. The number of halogens is 1. The maximum atomic E-state index is 10.5. The van der Waals surface area contributed by atoms with Crippen LogP contribution in [0.4, 0.5) is 5.69 Å². The molecular formula is C8H5ClNO3. The summed E-state index contributed by atoms with van der Waals surface area (Å²) in [7, 11) is 0. The standard InChI is InChI=1S/C8H5ClNO3/c9-7-2-1-6(3-4-11)8(5-7)10(12)13/h1-2,5H,3H2. The molecule has 1 aromatic rings. The highest BCUT2D eigenvalue weighted by Gasteiger charge is 2.13. The van der Waals surface area contributed by atoms with Crippen LogP contribution in [0.25, 0.3) is 0 Å². The highest BCUT2D eigenvalue weighted by molar-refractivity contribution is 6.30. The summed E-state index contributed by atoms with van der Waals surface area (Å²) in [6.07, 6.45) is 1.51. The van der Waals surface area contributed by atoms with Gasteiger partial charge in [-0.25, -0.2) is 0 Å². The van der Waals surface area contributed by atoms with Crippen molar-refractivity contribution in [2.45, 2.75) is 6.42 Å². The number of benzene rings is 1. The van der Waals surface area contributed by atoms with Crippen molar-refractivity contribution in [2.24, 2.45) is 0 Å². The Morgan fingerprint density at radius 1 is 1.54 bits per heavy atom. The number of nitro groups is 1. The quantitative estimate of drug-likeness (QED) is 0.551. The predicted octanol–water partition coefficient (Wildman–Crippen LogP) is 1.90. The van der Waals surface area contributed by atoms with Gasteiger partial charge in [-0.15, -0.1) is 0 Å². The van der Waals surface area contributed by atoms with Gasteiger partial charge in [-0.05, 0) is 6.07 Å². The van der Waals surface area contributed by atoms with Crippen LogP contribution in [-0.2, 0) is 11.2 Å². The first-order valence-corrected chi connectivity index (χ1v) is 3.80. The first kappa shape index (κ1) is 9.67. The molecule has 0 aromatic heterocycles. The Balaban J connectivity index is 3.17. The van der Waals surface area contributed by atoms with Gasteiger partial charge in [0.2, 0.25) is 6.29 Å². The minimum Gasteiger partial charge on any atom is -0.291 e. The fraction of sp³-hybridized carbons (Fsp3) is 0.125. The van der Waals surface area contributed by atoms with Gasteiger partial charge in [0.15, 0.2) is 0 Å². The minimum absolute atomic E-state index is 0.0898. The van der Waals surface area contributed by atoms with Gasteiger partial charge in [-0.1, -0.05) is 17.7 Å². The van der Waals surface area contributed by atoms with E-state index in [2.05, 4.69) is 0 Å². The van der Waals surface area contributed by atoms with E-state index in [0.717, 1.165) is 0 Å². The van der Waals surface area contributed by atoms with Crippen molar-refractivity contribution in [3.05, 3.63) is 38.9 Å². The molecule has 0 fully saturated rings. The van der Waals surface area contributed by atoms with Crippen molar-refractivity contribution in [1.82, 2.24) is 0 Å². The zero-order valence-electron chi connectivity index (χ0n) is 6.49. The molecule has 1 radical (unpaired) electrons. The van der Waals surface area contributed by atoms with Gasteiger partial charge in [0, 0.05) is 23.1 Å². The van der Waals surface area contributed by atoms with Gasteiger partial charge in [-0.2, -0.15) is 0 Å². The van der Waals surface area contributed by atoms with Crippen molar-refractivity contribution < 1.29 is 9.72 Å². The summed E-state index contributed by atoms with van der Waals surface area (Å²) in [5.41, 5.74) is 0.181. The molecule has 0 N–H and O–H groups in total. The molecular weight excluding hydrogens is 194 g/mol. The number of nitro benzene ring substituents is 1. The summed E-state index contributed by atoms with van der Waals surface area (Å²) in [5, 5.41) is 10.7. The largest absolute Gasteiger partial charge is 0.291 e. The Morgan fingerprint density at radius 3 is 2.77 bits per heavy atom. The van der Waals surface area contributed by atoms with E-state index in [1.165, 1.54) is 18.2 Å². The summed E-state index contributed by atoms with van der Waals surface area (Å²) in [6, 6.07) is 4.17. The Hall–Kier alpha value is -1.42. The summed E-state index contributed by atoms with van der Waals surface area (Å²) < 4.78 is 0. The molecule has 0 spiro atoms. The molecule has 0 aliphatic rings. The van der Waals surface area contributed by atoms with Gasteiger partial charge in [-0.3, -0.25) is 14.9 Å². The molecule has 0 saturated carbocycles. The van der Waals surface area contributed by atoms with Crippen LogP contribution in [0.15, 0.2) is 18.2 Å². The molecule has 1 rings (SSSR count). The summed E-state index contributed by atoms with van der Waals surface area (Å²) in [4.78, 5) is 19.9. The highest BCUT2D eigenvalue weighted by atomic mass is 35.5.